The van der Waals surface area contributed by atoms with E-state index in [2.05, 4.69) is 0 Å². The molecule has 1 heterocycles. The van der Waals surface area contributed by atoms with Crippen molar-refractivity contribution in [2.24, 2.45) is 0 Å². The number of non-ortho nitro benzene ring substituents is 1. The summed E-state index contributed by atoms with van der Waals surface area (Å²) >= 11 is 0. The average molecular weight is 315 g/mol. The van der Waals surface area contributed by atoms with Crippen molar-refractivity contribution >= 4 is 21.3 Å². The fourth-order valence-electron chi connectivity index (χ4n) is 2.08. The van der Waals surface area contributed by atoms with Crippen molar-refractivity contribution in [1.29, 1.82) is 0 Å². The average Bonchev–Trinajstić information content (AvgIpc) is 2.62. The van der Waals surface area contributed by atoms with Gasteiger partial charge in [0.1, 0.15) is 18.0 Å². The third-order valence-electron chi connectivity index (χ3n) is 3.10. The molecule has 1 aliphatic heterocycles. The molecular weight excluding hydrogens is 302 g/mol. The van der Waals surface area contributed by atoms with Crippen LogP contribution in [-0.4, -0.2) is 47.9 Å². The molecule has 1 aromatic carbocycles. The van der Waals surface area contributed by atoms with Crippen LogP contribution in [0.25, 0.3) is 0 Å². The van der Waals surface area contributed by atoms with Crippen LogP contribution in [0, 0.1) is 10.1 Å². The van der Waals surface area contributed by atoms with Crippen molar-refractivity contribution in [2.45, 2.75) is 19.1 Å². The van der Waals surface area contributed by atoms with Crippen LogP contribution in [-0.2, 0) is 9.84 Å². The predicted molar refractivity (Wildman–Crippen MR) is 72.2 cm³/mol. The third kappa shape index (κ3) is 3.37. The van der Waals surface area contributed by atoms with Crippen molar-refractivity contribution in [2.75, 3.05) is 11.5 Å². The Morgan fingerprint density at radius 3 is 2.57 bits per heavy atom. The maximum Gasteiger partial charge on any atom is 0.270 e. The lowest BCUT2D eigenvalue weighted by atomic mass is 10.1. The minimum absolute atomic E-state index is 0.0225. The number of nitro groups is 1. The van der Waals surface area contributed by atoms with Crippen LogP contribution in [0.4, 0.5) is 5.69 Å². The summed E-state index contributed by atoms with van der Waals surface area (Å²) < 4.78 is 28.2. The molecule has 8 nitrogen and oxygen atoms in total. The molecule has 0 radical (unpaired) electrons. The second kappa shape index (κ2) is 5.41. The topological polar surface area (TPSA) is 124 Å². The van der Waals surface area contributed by atoms with Gasteiger partial charge in [0.25, 0.3) is 5.69 Å². The molecule has 1 aromatic rings. The van der Waals surface area contributed by atoms with Gasteiger partial charge in [-0.25, -0.2) is 8.42 Å². The lowest BCUT2D eigenvalue weighted by Gasteiger charge is -2.17. The monoisotopic (exact) mass is 315 g/mol. The predicted octanol–water partition coefficient (Wildman–Crippen LogP) is 0.334. The molecule has 114 valence electrons. The van der Waals surface area contributed by atoms with Gasteiger partial charge in [0.15, 0.2) is 15.6 Å². The van der Waals surface area contributed by atoms with E-state index in [1.165, 1.54) is 13.0 Å². The van der Waals surface area contributed by atoms with Gasteiger partial charge in [0, 0.05) is 12.1 Å². The maximum atomic E-state index is 11.5. The maximum absolute atomic E-state index is 11.5. The summed E-state index contributed by atoms with van der Waals surface area (Å²) in [5.41, 5.74) is -0.298. The number of rotatable bonds is 4. The van der Waals surface area contributed by atoms with Crippen LogP contribution in [0.3, 0.4) is 0 Å². The summed E-state index contributed by atoms with van der Waals surface area (Å²) in [6.45, 7) is 1.22. The quantitative estimate of drug-likeness (QED) is 0.482. The SMILES string of the molecule is CC(=O)c1cc([N+](=O)[O-])ccc1OC1CS(=O)(=O)CC1O. The number of aliphatic hydroxyl groups excluding tert-OH is 1. The zero-order valence-electron chi connectivity index (χ0n) is 11.1. The molecule has 2 unspecified atom stereocenters. The number of carbonyl (C=O) groups is 1. The molecule has 1 N–H and O–H groups in total. The number of carbonyl (C=O) groups excluding carboxylic acids is 1. The minimum Gasteiger partial charge on any atom is -0.486 e. The molecular formula is C12H13NO7S. The Hall–Kier alpha value is -2.00. The van der Waals surface area contributed by atoms with Gasteiger partial charge in [0.2, 0.25) is 0 Å². The number of hydrogen-bond donors (Lipinski definition) is 1. The van der Waals surface area contributed by atoms with Crippen molar-refractivity contribution in [3.05, 3.63) is 33.9 Å². The highest BCUT2D eigenvalue weighted by atomic mass is 32.2. The van der Waals surface area contributed by atoms with E-state index in [1.807, 2.05) is 0 Å². The highest BCUT2D eigenvalue weighted by Gasteiger charge is 2.38. The molecule has 1 fully saturated rings. The van der Waals surface area contributed by atoms with Gasteiger partial charge >= 0.3 is 0 Å². The first-order chi connectivity index (χ1) is 9.69. The van der Waals surface area contributed by atoms with E-state index in [-0.39, 0.29) is 22.8 Å². The molecule has 0 amide bonds. The van der Waals surface area contributed by atoms with Crippen LogP contribution in [0.1, 0.15) is 17.3 Å². The van der Waals surface area contributed by atoms with Gasteiger partial charge in [-0.2, -0.15) is 0 Å². The number of ketones is 1. The van der Waals surface area contributed by atoms with Gasteiger partial charge in [0.05, 0.1) is 22.0 Å². The smallest absolute Gasteiger partial charge is 0.270 e. The van der Waals surface area contributed by atoms with Gasteiger partial charge in [-0.1, -0.05) is 0 Å². The van der Waals surface area contributed by atoms with E-state index in [9.17, 15) is 28.4 Å². The standard InChI is InChI=1S/C12H13NO7S/c1-7(14)9-4-8(13(16)17)2-3-11(9)20-12-6-21(18,19)5-10(12)15/h2-4,10,12,15H,5-6H2,1H3. The van der Waals surface area contributed by atoms with Gasteiger partial charge in [-0.3, -0.25) is 14.9 Å². The Balaban J connectivity index is 2.32. The second-order valence-electron chi connectivity index (χ2n) is 4.79. The molecule has 1 saturated heterocycles. The zero-order chi connectivity index (χ0) is 15.8. The first kappa shape index (κ1) is 15.4. The molecule has 0 saturated carbocycles. The fourth-order valence-corrected chi connectivity index (χ4v) is 3.74. The molecule has 0 spiro atoms. The number of benzene rings is 1. The summed E-state index contributed by atoms with van der Waals surface area (Å²) in [5, 5.41) is 20.4. The van der Waals surface area contributed by atoms with Crippen LogP contribution in [0.5, 0.6) is 5.75 Å². The Morgan fingerprint density at radius 2 is 2.10 bits per heavy atom. The fraction of sp³-hybridized carbons (Fsp3) is 0.417. The van der Waals surface area contributed by atoms with E-state index in [1.54, 1.807) is 0 Å². The number of ether oxygens (including phenoxy) is 1. The molecule has 1 aliphatic rings. The van der Waals surface area contributed by atoms with Crippen molar-refractivity contribution < 1.29 is 28.0 Å². The molecule has 0 bridgehead atoms. The second-order valence-corrected chi connectivity index (χ2v) is 6.95. The van der Waals surface area contributed by atoms with Gasteiger partial charge in [-0.05, 0) is 13.0 Å². The summed E-state index contributed by atoms with van der Waals surface area (Å²) in [6.07, 6.45) is -2.18. The summed E-state index contributed by atoms with van der Waals surface area (Å²) in [6, 6.07) is 3.44. The Morgan fingerprint density at radius 1 is 1.43 bits per heavy atom. The molecule has 2 atom stereocenters. The largest absolute Gasteiger partial charge is 0.486 e. The zero-order valence-corrected chi connectivity index (χ0v) is 11.9. The lowest BCUT2D eigenvalue weighted by molar-refractivity contribution is -0.384. The molecule has 9 heteroatoms. The highest BCUT2D eigenvalue weighted by Crippen LogP contribution is 2.28. The van der Waals surface area contributed by atoms with Crippen LogP contribution in [0.15, 0.2) is 18.2 Å². The Labute approximate surface area is 120 Å². The van der Waals surface area contributed by atoms with Gasteiger partial charge in [-0.15, -0.1) is 0 Å². The third-order valence-corrected chi connectivity index (χ3v) is 4.79. The lowest BCUT2D eigenvalue weighted by Crippen LogP contribution is -2.30. The van der Waals surface area contributed by atoms with Crippen molar-refractivity contribution in [3.63, 3.8) is 0 Å². The van der Waals surface area contributed by atoms with E-state index in [4.69, 9.17) is 4.74 Å². The summed E-state index contributed by atoms with van der Waals surface area (Å²) in [5.74, 6) is -1.19. The minimum atomic E-state index is -3.39. The van der Waals surface area contributed by atoms with Crippen LogP contribution >= 0.6 is 0 Å². The normalized spacial score (nSPS) is 23.7. The number of sulfone groups is 1. The number of Topliss-reactive ketones (excluding diaryl/α,β-unsaturated/α-hetero) is 1. The number of nitro benzene ring substituents is 1. The first-order valence-electron chi connectivity index (χ1n) is 6.04. The van der Waals surface area contributed by atoms with Crippen LogP contribution < -0.4 is 4.74 Å². The van der Waals surface area contributed by atoms with Gasteiger partial charge < -0.3 is 9.84 Å². The van der Waals surface area contributed by atoms with Crippen molar-refractivity contribution in [3.8, 4) is 5.75 Å². The van der Waals surface area contributed by atoms with E-state index in [0.717, 1.165) is 12.1 Å². The van der Waals surface area contributed by atoms with Crippen LogP contribution in [0.2, 0.25) is 0 Å². The Bertz CT molecular complexity index is 698. The highest BCUT2D eigenvalue weighted by molar-refractivity contribution is 7.91. The summed E-state index contributed by atoms with van der Waals surface area (Å²) in [7, 11) is -3.39. The van der Waals surface area contributed by atoms with E-state index in [0.29, 0.717) is 0 Å². The van der Waals surface area contributed by atoms with E-state index < -0.39 is 38.5 Å². The first-order valence-corrected chi connectivity index (χ1v) is 7.86. The number of nitrogens with zero attached hydrogens (tertiary/aromatic N) is 1. The number of hydrogen-bond acceptors (Lipinski definition) is 7. The van der Waals surface area contributed by atoms with Crippen molar-refractivity contribution in [1.82, 2.24) is 0 Å². The molecule has 0 aliphatic carbocycles. The Kier molecular flexibility index (Phi) is 3.97. The number of aliphatic hydroxyl groups is 1. The summed E-state index contributed by atoms with van der Waals surface area (Å²) in [4.78, 5) is 21.6. The van der Waals surface area contributed by atoms with E-state index >= 15 is 0 Å². The molecule has 2 rings (SSSR count). The molecule has 21 heavy (non-hydrogen) atoms. The molecule has 0 aromatic heterocycles.